The van der Waals surface area contributed by atoms with Gasteiger partial charge >= 0.3 is 6.16 Å². The molecule has 4 aromatic carbocycles. The molecule has 2 atom stereocenters. The third-order valence-electron chi connectivity index (χ3n) is 14.3. The number of amides is 2. The van der Waals surface area contributed by atoms with Crippen LogP contribution in [0.4, 0.5) is 16.2 Å². The minimum Gasteiger partial charge on any atom is -0.398 e. The van der Waals surface area contributed by atoms with E-state index in [0.717, 1.165) is 83.3 Å². The van der Waals surface area contributed by atoms with Gasteiger partial charge in [0.2, 0.25) is 0 Å². The number of hydrogen-bond acceptors (Lipinski definition) is 13. The van der Waals surface area contributed by atoms with Gasteiger partial charge in [0.15, 0.2) is 0 Å². The van der Waals surface area contributed by atoms with Gasteiger partial charge in [-0.2, -0.15) is 22.7 Å². The molecule has 2 aromatic heterocycles. The van der Waals surface area contributed by atoms with E-state index >= 15 is 14.4 Å². The third kappa shape index (κ3) is 11.8. The minimum absolute atomic E-state index is 0.0297. The van der Waals surface area contributed by atoms with Crippen molar-refractivity contribution in [3.05, 3.63) is 182 Å². The van der Waals surface area contributed by atoms with Crippen LogP contribution < -0.4 is 9.80 Å². The van der Waals surface area contributed by atoms with Crippen LogP contribution in [0.3, 0.4) is 0 Å². The van der Waals surface area contributed by atoms with Crippen LogP contribution >= 0.6 is 92.6 Å². The smallest absolute Gasteiger partial charge is 0.398 e. The Morgan fingerprint density at radius 2 is 0.949 bits per heavy atom. The van der Waals surface area contributed by atoms with Gasteiger partial charge in [0.1, 0.15) is 32.4 Å². The molecule has 4 aliphatic heterocycles. The van der Waals surface area contributed by atoms with E-state index in [0.29, 0.717) is 69.4 Å². The number of carbonyl (C=O) groups is 3. The first-order valence-electron chi connectivity index (χ1n) is 25.8. The average Bonchev–Trinajstić information content (AvgIpc) is 4.33. The maximum absolute atomic E-state index is 15.8. The topological polar surface area (TPSA) is 101 Å². The van der Waals surface area contributed by atoms with Crippen LogP contribution in [0.1, 0.15) is 62.8 Å². The summed E-state index contributed by atoms with van der Waals surface area (Å²) in [6, 6.07) is 30.7. The Hall–Kier alpha value is -4.65. The molecular weight excluding hydrogens is 1150 g/mol. The fourth-order valence-corrected chi connectivity index (χ4v) is 15.1. The van der Waals surface area contributed by atoms with Crippen molar-refractivity contribution in [2.45, 2.75) is 61.4 Å². The Morgan fingerprint density at radius 3 is 1.29 bits per heavy atom. The van der Waals surface area contributed by atoms with E-state index in [1.54, 1.807) is 36.4 Å². The first kappa shape index (κ1) is 56.6. The van der Waals surface area contributed by atoms with Crippen molar-refractivity contribution in [1.82, 2.24) is 9.80 Å². The van der Waals surface area contributed by atoms with Crippen molar-refractivity contribution in [2.75, 3.05) is 75.5 Å². The minimum atomic E-state index is -1.16. The lowest BCUT2D eigenvalue weighted by Gasteiger charge is -2.49. The predicted octanol–water partition coefficient (Wildman–Crippen LogP) is 15.2. The molecule has 0 aliphatic carbocycles. The fraction of sp³-hybridized carbons (Fsp3) is 0.339. The standard InChI is InChI=1S/C59H58Cl4N4O7S4/c1-37(2)33-66-55(68)53(77-51-29-43(60)9-15-47(51)62)49(31-58(66,41-17-27-75-35-41)39-5-11-45(12-6-39)64-19-23-71-24-20-64)73-57(70)74-50-32-59(42-18-28-76-36-42,40-7-13-46(14-8-40)65-21-25-72-26-22-65)67(34-38(3)4)56(69)54(50)78-52-30-44(61)10-16-48(52)63/h5-18,27-30,35-38H,19-26,31-34H2,1-4H3. The molecular formula is C59H58Cl4N4O7S4. The van der Waals surface area contributed by atoms with Gasteiger partial charge in [-0.05, 0) is 128 Å². The SMILES string of the molecule is CC(C)CN1C(=O)C(Sc2cc(Cl)ccc2Cl)=C(OC(=O)OC2=C(Sc3cc(Cl)ccc3Cl)C(=O)N(CC(C)C)C(c3ccc(N4CCOCC4)cc3)(c3ccsc3)C2)CC1(c1ccc(N2CCOCC2)cc1)c1ccsc1. The van der Waals surface area contributed by atoms with Crippen LogP contribution in [0.2, 0.25) is 20.1 Å². The lowest BCUT2D eigenvalue weighted by molar-refractivity contribution is -0.134. The highest BCUT2D eigenvalue weighted by atomic mass is 35.5. The number of benzene rings is 4. The fourth-order valence-electron chi connectivity index (χ4n) is 10.7. The Labute approximate surface area is 492 Å². The number of anilines is 2. The van der Waals surface area contributed by atoms with Gasteiger partial charge in [-0.15, -0.1) is 0 Å². The Kier molecular flexibility index (Phi) is 17.9. The zero-order chi connectivity index (χ0) is 54.7. The van der Waals surface area contributed by atoms with Crippen LogP contribution in [-0.4, -0.2) is 93.5 Å². The lowest BCUT2D eigenvalue weighted by Crippen LogP contribution is -2.55. The number of halogens is 4. The number of nitrogens with zero attached hydrogens (tertiary/aromatic N) is 4. The molecule has 0 spiro atoms. The summed E-state index contributed by atoms with van der Waals surface area (Å²) < 4.78 is 24.5. The monoisotopic (exact) mass is 1200 g/mol. The van der Waals surface area contributed by atoms with Gasteiger partial charge in [0.25, 0.3) is 11.8 Å². The van der Waals surface area contributed by atoms with Gasteiger partial charge in [0.05, 0.1) is 36.5 Å². The summed E-state index contributed by atoms with van der Waals surface area (Å²) in [5, 5.41) is 9.60. The van der Waals surface area contributed by atoms with Gasteiger partial charge in [0, 0.05) is 83.3 Å². The molecule has 11 nitrogen and oxygen atoms in total. The van der Waals surface area contributed by atoms with Crippen molar-refractivity contribution < 1.29 is 33.3 Å². The molecule has 0 N–H and O–H groups in total. The van der Waals surface area contributed by atoms with Crippen LogP contribution in [0, 0.1) is 11.8 Å². The molecule has 4 aliphatic rings. The van der Waals surface area contributed by atoms with Crippen molar-refractivity contribution >= 4 is 122 Å². The Bertz CT molecular complexity index is 2990. The van der Waals surface area contributed by atoms with Crippen LogP contribution in [0.15, 0.2) is 150 Å². The molecule has 19 heteroatoms. The van der Waals surface area contributed by atoms with Crippen molar-refractivity contribution in [1.29, 1.82) is 0 Å². The quantitative estimate of drug-likeness (QED) is 0.0866. The molecule has 0 radical (unpaired) electrons. The summed E-state index contributed by atoms with van der Waals surface area (Å²) in [6.45, 7) is 14.5. The van der Waals surface area contributed by atoms with E-state index < -0.39 is 17.2 Å². The Morgan fingerprint density at radius 1 is 0.564 bits per heavy atom. The summed E-state index contributed by atoms with van der Waals surface area (Å²) in [4.78, 5) is 56.7. The summed E-state index contributed by atoms with van der Waals surface area (Å²) in [7, 11) is 0. The van der Waals surface area contributed by atoms with E-state index in [-0.39, 0.29) is 57.8 Å². The third-order valence-corrected chi connectivity index (χ3v) is 19.3. The first-order valence-corrected chi connectivity index (χ1v) is 30.8. The number of rotatable bonds is 16. The van der Waals surface area contributed by atoms with E-state index in [4.69, 9.17) is 65.4 Å². The zero-order valence-corrected chi connectivity index (χ0v) is 49.8. The highest BCUT2D eigenvalue weighted by Crippen LogP contribution is 2.54. The highest BCUT2D eigenvalue weighted by Gasteiger charge is 2.53. The zero-order valence-electron chi connectivity index (χ0n) is 43.5. The second kappa shape index (κ2) is 24.6. The van der Waals surface area contributed by atoms with E-state index in [2.05, 4.69) is 86.0 Å². The predicted molar refractivity (Wildman–Crippen MR) is 318 cm³/mol. The molecule has 78 heavy (non-hydrogen) atoms. The molecule has 2 fully saturated rings. The number of ether oxygens (including phenoxy) is 4. The summed E-state index contributed by atoms with van der Waals surface area (Å²) >= 11 is 32.1. The number of thiophene rings is 2. The maximum atomic E-state index is 15.8. The highest BCUT2D eigenvalue weighted by molar-refractivity contribution is 8.04. The number of hydrogen-bond donors (Lipinski definition) is 0. The molecule has 408 valence electrons. The second-order valence-corrected chi connectivity index (χ2v) is 25.7. The van der Waals surface area contributed by atoms with Crippen molar-refractivity contribution in [3.63, 3.8) is 0 Å². The van der Waals surface area contributed by atoms with Gasteiger partial charge < -0.3 is 38.5 Å². The van der Waals surface area contributed by atoms with Gasteiger partial charge in [-0.25, -0.2) is 4.79 Å². The number of morpholine rings is 2. The van der Waals surface area contributed by atoms with E-state index in [1.807, 2.05) is 43.5 Å². The summed E-state index contributed by atoms with van der Waals surface area (Å²) in [6.07, 6.45) is -1.07. The Balaban J connectivity index is 1.12. The normalized spacial score (nSPS) is 20.4. The van der Waals surface area contributed by atoms with Crippen LogP contribution in [-0.2, 0) is 39.6 Å². The van der Waals surface area contributed by atoms with Crippen LogP contribution in [0.25, 0.3) is 0 Å². The summed E-state index contributed by atoms with van der Waals surface area (Å²) in [5.74, 6) is -0.559. The van der Waals surface area contributed by atoms with Crippen molar-refractivity contribution in [2.24, 2.45) is 11.8 Å². The molecule has 6 heterocycles. The summed E-state index contributed by atoms with van der Waals surface area (Å²) in [5.41, 5.74) is 3.10. The number of carbonyl (C=O) groups excluding carboxylic acids is 3. The second-order valence-electron chi connectivity index (χ2n) is 20.3. The van der Waals surface area contributed by atoms with Crippen molar-refractivity contribution in [3.8, 4) is 0 Å². The molecule has 10 rings (SSSR count). The molecule has 2 saturated heterocycles. The van der Waals surface area contributed by atoms with Crippen LogP contribution in [0.5, 0.6) is 0 Å². The molecule has 0 saturated carbocycles. The lowest BCUT2D eigenvalue weighted by atomic mass is 9.76. The molecule has 0 bridgehead atoms. The largest absolute Gasteiger partial charge is 0.518 e. The number of thioether (sulfide) groups is 2. The van der Waals surface area contributed by atoms with E-state index in [9.17, 15) is 0 Å². The molecule has 2 amide bonds. The maximum Gasteiger partial charge on any atom is 0.518 e. The average molecular weight is 1210 g/mol. The molecule has 2 unspecified atom stereocenters. The van der Waals surface area contributed by atoms with E-state index in [1.165, 1.54) is 22.7 Å². The van der Waals surface area contributed by atoms with Gasteiger partial charge in [-0.3, -0.25) is 9.59 Å². The first-order chi connectivity index (χ1) is 37.6. The molecule has 6 aromatic rings. The van der Waals surface area contributed by atoms with Gasteiger partial charge in [-0.1, -0.05) is 122 Å².